The minimum atomic E-state index is -0.540. The predicted molar refractivity (Wildman–Crippen MR) is 237 cm³/mol. The highest BCUT2D eigenvalue weighted by Gasteiger charge is 2.29. The van der Waals surface area contributed by atoms with Gasteiger partial charge >= 0.3 is 0 Å². The third kappa shape index (κ3) is 9.86. The summed E-state index contributed by atoms with van der Waals surface area (Å²) in [6.45, 7) is 3.25. The van der Waals surface area contributed by atoms with Crippen molar-refractivity contribution in [1.29, 1.82) is 5.26 Å². The fourth-order valence-electron chi connectivity index (χ4n) is 8.54. The maximum Gasteiger partial charge on any atom is 0.172 e. The van der Waals surface area contributed by atoms with Crippen molar-refractivity contribution in [1.82, 2.24) is 24.9 Å². The molecule has 0 radical (unpaired) electrons. The third-order valence-electron chi connectivity index (χ3n) is 12.5. The summed E-state index contributed by atoms with van der Waals surface area (Å²) in [7, 11) is 0. The van der Waals surface area contributed by atoms with Crippen LogP contribution < -0.4 is 20.4 Å². The van der Waals surface area contributed by atoms with Gasteiger partial charge in [-0.25, -0.2) is 42.5 Å². The molecule has 2 saturated carbocycles. The van der Waals surface area contributed by atoms with Crippen LogP contribution in [-0.4, -0.2) is 63.2 Å². The normalized spacial score (nSPS) is 17.4. The molecule has 2 N–H and O–H groups in total. The molecule has 320 valence electrons. The van der Waals surface area contributed by atoms with Crippen LogP contribution in [0.15, 0.2) is 71.5 Å². The van der Waals surface area contributed by atoms with E-state index in [9.17, 15) is 22.8 Å². The summed E-state index contributed by atoms with van der Waals surface area (Å²) < 4.78 is 55.2. The minimum absolute atomic E-state index is 0.341. The zero-order chi connectivity index (χ0) is 42.7. The van der Waals surface area contributed by atoms with Crippen molar-refractivity contribution in [2.45, 2.75) is 82.7 Å². The summed E-state index contributed by atoms with van der Waals surface area (Å²) >= 11 is 3.40. The van der Waals surface area contributed by atoms with E-state index in [-0.39, 0.29) is 0 Å². The first-order valence-corrected chi connectivity index (χ1v) is 22.4. The first-order valence-electron chi connectivity index (χ1n) is 21.6. The van der Waals surface area contributed by atoms with Gasteiger partial charge in [-0.05, 0) is 146 Å². The molecule has 10 nitrogen and oxygen atoms in total. The molecule has 4 fully saturated rings. The number of fused-ring (bicyclic) bond motifs is 2. The molecule has 6 aromatic rings. The summed E-state index contributed by atoms with van der Waals surface area (Å²) in [6.07, 6.45) is 12.5. The van der Waals surface area contributed by atoms with Crippen LogP contribution in [0.1, 0.15) is 74.5 Å². The molecule has 2 aliphatic heterocycles. The van der Waals surface area contributed by atoms with Gasteiger partial charge < -0.3 is 20.4 Å². The number of hydrogen-bond acceptors (Lipinski definition) is 10. The molecule has 0 amide bonds. The second-order valence-electron chi connectivity index (χ2n) is 17.0. The van der Waals surface area contributed by atoms with E-state index in [1.54, 1.807) is 30.5 Å². The number of halogens is 5. The van der Waals surface area contributed by atoms with Gasteiger partial charge in [0, 0.05) is 50.4 Å². The van der Waals surface area contributed by atoms with Gasteiger partial charge in [0.15, 0.2) is 23.3 Å². The van der Waals surface area contributed by atoms with Crippen molar-refractivity contribution in [2.24, 2.45) is 11.8 Å². The molecule has 0 unspecified atom stereocenters. The average Bonchev–Trinajstić information content (AvgIpc) is 4.08. The topological polar surface area (TPSA) is 119 Å². The Labute approximate surface area is 366 Å². The molecule has 2 aliphatic carbocycles. The highest BCUT2D eigenvalue weighted by molar-refractivity contribution is 9.10. The van der Waals surface area contributed by atoms with Crippen molar-refractivity contribution in [3.8, 4) is 6.07 Å². The Morgan fingerprint density at radius 1 is 0.597 bits per heavy atom. The number of hydrogen-bond donors (Lipinski definition) is 2. The number of nitriles is 1. The van der Waals surface area contributed by atoms with Gasteiger partial charge in [0.1, 0.15) is 33.4 Å². The highest BCUT2D eigenvalue weighted by Crippen LogP contribution is 2.36. The fourth-order valence-corrected chi connectivity index (χ4v) is 8.86. The predicted octanol–water partition coefficient (Wildman–Crippen LogP) is 10.3. The Morgan fingerprint density at radius 3 is 1.61 bits per heavy atom. The SMILES string of the molecule is Fc1ccc(CC2CCN(c3nc4cnc(Br)cc4nc3NC3CC3)CC2)c(F)c1.N#Cc1ccc2nc(NC3CCC3)c(N3CCC(Cc4ccc(F)cc4F)CC3)nc2c1. The lowest BCUT2D eigenvalue weighted by atomic mass is 9.90. The Kier molecular flexibility index (Phi) is 12.4. The Balaban J connectivity index is 0.000000158. The molecule has 0 spiro atoms. The zero-order valence-electron chi connectivity index (χ0n) is 34.2. The maximum absolute atomic E-state index is 14.1. The average molecular weight is 908 g/mol. The van der Waals surface area contributed by atoms with Gasteiger partial charge in [0.2, 0.25) is 0 Å². The number of pyridine rings is 1. The first kappa shape index (κ1) is 41.7. The largest absolute Gasteiger partial charge is 0.364 e. The molecule has 0 atom stereocenters. The molecule has 0 bridgehead atoms. The molecule has 4 aliphatic rings. The summed E-state index contributed by atoms with van der Waals surface area (Å²) in [6, 6.07) is 18.1. The van der Waals surface area contributed by atoms with Gasteiger partial charge in [-0.3, -0.25) is 0 Å². The molecule has 3 aromatic heterocycles. The summed E-state index contributed by atoms with van der Waals surface area (Å²) in [5, 5.41) is 16.3. The van der Waals surface area contributed by atoms with E-state index >= 15 is 0 Å². The number of nitrogens with one attached hydrogen (secondary N) is 2. The third-order valence-corrected chi connectivity index (χ3v) is 12.9. The summed E-state index contributed by atoms with van der Waals surface area (Å²) in [4.78, 5) is 28.2. The quantitative estimate of drug-likeness (QED) is 0.102. The van der Waals surface area contributed by atoms with E-state index in [0.717, 1.165) is 134 Å². The second-order valence-corrected chi connectivity index (χ2v) is 17.8. The van der Waals surface area contributed by atoms with Crippen molar-refractivity contribution < 1.29 is 17.6 Å². The number of anilines is 4. The molecule has 5 heterocycles. The molecular weight excluding hydrogens is 860 g/mol. The van der Waals surface area contributed by atoms with Crippen molar-refractivity contribution >= 4 is 61.3 Å². The van der Waals surface area contributed by atoms with Crippen molar-refractivity contribution in [3.63, 3.8) is 0 Å². The minimum Gasteiger partial charge on any atom is -0.364 e. The highest BCUT2D eigenvalue weighted by atomic mass is 79.9. The van der Waals surface area contributed by atoms with E-state index in [1.165, 1.54) is 18.6 Å². The van der Waals surface area contributed by atoms with E-state index in [4.69, 9.17) is 19.9 Å². The van der Waals surface area contributed by atoms with Crippen LogP contribution in [0.5, 0.6) is 0 Å². The van der Waals surface area contributed by atoms with Gasteiger partial charge in [0.25, 0.3) is 0 Å². The standard InChI is InChI=1S/C25H25F2N5.C22H22BrF2N5/c26-19-6-5-18(21(27)14-19)12-16-8-10-32(11-9-16)25-24(29-20-2-1-3-20)30-22-7-4-17(15-28)13-23(22)31-25;23-20-11-18-19(12-26-20)29-22(21(28-18)27-16-3-4-16)30-7-5-13(6-8-30)9-14-1-2-15(24)10-17(14)25/h4-7,13-14,16,20H,1-3,8-12H2,(H,29,30);1-2,10-13,16H,3-9H2,(H,27,28). The number of aromatic nitrogens is 5. The lowest BCUT2D eigenvalue weighted by Crippen LogP contribution is -2.36. The molecule has 62 heavy (non-hydrogen) atoms. The van der Waals surface area contributed by atoms with Crippen LogP contribution in [0.25, 0.3) is 22.1 Å². The summed E-state index contributed by atoms with van der Waals surface area (Å²) in [5.41, 5.74) is 4.80. The Bertz CT molecular complexity index is 2620. The molecular formula is C47H47BrF4N10. The van der Waals surface area contributed by atoms with E-state index in [2.05, 4.69) is 47.4 Å². The van der Waals surface area contributed by atoms with Crippen LogP contribution in [0.2, 0.25) is 0 Å². The molecule has 2 saturated heterocycles. The maximum atomic E-state index is 14.1. The van der Waals surface area contributed by atoms with Gasteiger partial charge in [-0.15, -0.1) is 0 Å². The summed E-state index contributed by atoms with van der Waals surface area (Å²) in [5.74, 6) is 2.04. The van der Waals surface area contributed by atoms with E-state index < -0.39 is 23.3 Å². The Morgan fingerprint density at radius 2 is 1.11 bits per heavy atom. The van der Waals surface area contributed by atoms with Crippen LogP contribution in [-0.2, 0) is 12.8 Å². The van der Waals surface area contributed by atoms with Crippen LogP contribution >= 0.6 is 15.9 Å². The van der Waals surface area contributed by atoms with Gasteiger partial charge in [-0.2, -0.15) is 5.26 Å². The number of nitrogens with zero attached hydrogens (tertiary/aromatic N) is 8. The van der Waals surface area contributed by atoms with Crippen molar-refractivity contribution in [2.75, 3.05) is 46.6 Å². The van der Waals surface area contributed by atoms with Crippen LogP contribution in [0, 0.1) is 46.4 Å². The lowest BCUT2D eigenvalue weighted by Gasteiger charge is -2.35. The monoisotopic (exact) mass is 906 g/mol. The molecule has 3 aromatic carbocycles. The molecule has 10 rings (SSSR count). The Hall–Kier alpha value is -5.62. The zero-order valence-corrected chi connectivity index (χ0v) is 35.8. The van der Waals surface area contributed by atoms with E-state index in [1.807, 2.05) is 12.1 Å². The smallest absolute Gasteiger partial charge is 0.172 e. The van der Waals surface area contributed by atoms with Gasteiger partial charge in [-0.1, -0.05) is 12.1 Å². The van der Waals surface area contributed by atoms with Crippen LogP contribution in [0.4, 0.5) is 40.8 Å². The second kappa shape index (κ2) is 18.4. The fraction of sp³-hybridized carbons (Fsp3) is 0.404. The van der Waals surface area contributed by atoms with Crippen LogP contribution in [0.3, 0.4) is 0 Å². The number of benzene rings is 3. The lowest BCUT2D eigenvalue weighted by molar-refractivity contribution is 0.396. The van der Waals surface area contributed by atoms with Gasteiger partial charge in [0.05, 0.1) is 34.4 Å². The number of piperidine rings is 2. The first-order chi connectivity index (χ1) is 30.1. The number of rotatable bonds is 10. The molecule has 15 heteroatoms. The van der Waals surface area contributed by atoms with Crippen molar-refractivity contribution in [3.05, 3.63) is 111 Å². The van der Waals surface area contributed by atoms with E-state index in [0.29, 0.717) is 59.0 Å².